The summed E-state index contributed by atoms with van der Waals surface area (Å²) in [7, 11) is 1.51. The number of H-pyrrole nitrogens is 1. The van der Waals surface area contributed by atoms with E-state index in [1.165, 1.54) is 18.9 Å². The minimum Gasteiger partial charge on any atom is -0.497 e. The second kappa shape index (κ2) is 9.65. The third-order valence-corrected chi connectivity index (χ3v) is 5.65. The molecule has 2 heterocycles. The first-order valence-corrected chi connectivity index (χ1v) is 10.6. The number of nitrogens with one attached hydrogen (secondary N) is 1. The highest BCUT2D eigenvalue weighted by Crippen LogP contribution is 2.21. The summed E-state index contributed by atoms with van der Waals surface area (Å²) in [5.74, 6) is 0.0785. The van der Waals surface area contributed by atoms with Gasteiger partial charge in [0.25, 0.3) is 5.56 Å². The summed E-state index contributed by atoms with van der Waals surface area (Å²) >= 11 is 0. The number of hydrogen-bond donors (Lipinski definition) is 2. The van der Waals surface area contributed by atoms with Crippen molar-refractivity contribution in [2.75, 3.05) is 20.2 Å². The zero-order valence-electron chi connectivity index (χ0n) is 17.9. The summed E-state index contributed by atoms with van der Waals surface area (Å²) in [5, 5.41) is 10.7. The minimum absolute atomic E-state index is 0.0425. The first-order chi connectivity index (χ1) is 15.5. The van der Waals surface area contributed by atoms with Crippen LogP contribution in [0.15, 0.2) is 69.2 Å². The number of aliphatic imine (C=N–C) groups is 1. The van der Waals surface area contributed by atoms with Gasteiger partial charge >= 0.3 is 5.69 Å². The molecule has 0 unspecified atom stereocenters. The van der Waals surface area contributed by atoms with Gasteiger partial charge in [-0.2, -0.15) is 0 Å². The number of methoxy groups -OCH3 is 1. The topological polar surface area (TPSA) is 99.9 Å². The molecule has 4 rings (SSSR count). The van der Waals surface area contributed by atoms with Gasteiger partial charge in [0.05, 0.1) is 18.8 Å². The molecule has 166 valence electrons. The highest BCUT2D eigenvalue weighted by atomic mass is 16.5. The fourth-order valence-electron chi connectivity index (χ4n) is 3.89. The molecule has 1 fully saturated rings. The van der Waals surface area contributed by atoms with Gasteiger partial charge in [0.2, 0.25) is 5.88 Å². The van der Waals surface area contributed by atoms with Gasteiger partial charge < -0.3 is 9.84 Å². The smallest absolute Gasteiger partial charge is 0.335 e. The minimum atomic E-state index is -0.730. The number of aromatic hydroxyl groups is 1. The van der Waals surface area contributed by atoms with Crippen LogP contribution in [0.5, 0.6) is 11.6 Å². The van der Waals surface area contributed by atoms with Crippen LogP contribution in [-0.4, -0.2) is 52.0 Å². The second-order valence-electron chi connectivity index (χ2n) is 7.80. The molecule has 1 aromatic heterocycles. The van der Waals surface area contributed by atoms with Gasteiger partial charge in [0.15, 0.2) is 0 Å². The monoisotopic (exact) mass is 434 g/mol. The zero-order chi connectivity index (χ0) is 22.5. The molecule has 1 saturated heterocycles. The van der Waals surface area contributed by atoms with E-state index in [2.05, 4.69) is 27.0 Å². The van der Waals surface area contributed by atoms with Crippen molar-refractivity contribution < 1.29 is 9.84 Å². The maximum absolute atomic E-state index is 12.4. The lowest BCUT2D eigenvalue weighted by molar-refractivity contribution is 0.206. The molecule has 0 aliphatic carbocycles. The van der Waals surface area contributed by atoms with Crippen LogP contribution in [0.25, 0.3) is 5.69 Å². The van der Waals surface area contributed by atoms with Gasteiger partial charge in [-0.1, -0.05) is 36.4 Å². The lowest BCUT2D eigenvalue weighted by Gasteiger charge is -2.30. The summed E-state index contributed by atoms with van der Waals surface area (Å²) in [6.07, 6.45) is 3.09. The summed E-state index contributed by atoms with van der Waals surface area (Å²) in [5.41, 5.74) is 0.223. The number of benzene rings is 2. The largest absolute Gasteiger partial charge is 0.497 e. The zero-order valence-corrected chi connectivity index (χ0v) is 17.9. The number of rotatable bonds is 6. The summed E-state index contributed by atoms with van der Waals surface area (Å²) in [4.78, 5) is 33.9. The van der Waals surface area contributed by atoms with Gasteiger partial charge in [-0.05, 0) is 30.5 Å². The first kappa shape index (κ1) is 21.6. The Hall–Kier alpha value is -3.65. The number of nitrogens with zero attached hydrogens (tertiary/aromatic N) is 3. The van der Waals surface area contributed by atoms with E-state index in [9.17, 15) is 14.7 Å². The molecule has 0 amide bonds. The molecule has 1 aliphatic rings. The maximum atomic E-state index is 12.4. The van der Waals surface area contributed by atoms with Crippen LogP contribution < -0.4 is 16.0 Å². The van der Waals surface area contributed by atoms with Crippen molar-refractivity contribution in [2.24, 2.45) is 4.99 Å². The van der Waals surface area contributed by atoms with E-state index in [1.54, 1.807) is 24.3 Å². The predicted octanol–water partition coefficient (Wildman–Crippen LogP) is 2.32. The van der Waals surface area contributed by atoms with Crippen LogP contribution in [-0.2, 0) is 6.54 Å². The maximum Gasteiger partial charge on any atom is 0.335 e. The molecule has 8 heteroatoms. The summed E-state index contributed by atoms with van der Waals surface area (Å²) in [6.45, 7) is 2.72. The molecule has 8 nitrogen and oxygen atoms in total. The molecular weight excluding hydrogens is 408 g/mol. The molecule has 2 N–H and O–H groups in total. The van der Waals surface area contributed by atoms with Crippen molar-refractivity contribution in [1.82, 2.24) is 14.5 Å². The van der Waals surface area contributed by atoms with Crippen LogP contribution in [0.3, 0.4) is 0 Å². The first-order valence-electron chi connectivity index (χ1n) is 10.6. The Balaban J connectivity index is 1.50. The molecule has 0 saturated carbocycles. The van der Waals surface area contributed by atoms with E-state index in [4.69, 9.17) is 4.74 Å². The fourth-order valence-corrected chi connectivity index (χ4v) is 3.89. The predicted molar refractivity (Wildman–Crippen MR) is 123 cm³/mol. The van der Waals surface area contributed by atoms with Crippen molar-refractivity contribution in [1.29, 1.82) is 0 Å². The van der Waals surface area contributed by atoms with Crippen molar-refractivity contribution in [2.45, 2.75) is 25.4 Å². The Labute approximate surface area is 185 Å². The van der Waals surface area contributed by atoms with Crippen molar-refractivity contribution >= 4 is 6.21 Å². The van der Waals surface area contributed by atoms with E-state index in [0.29, 0.717) is 11.4 Å². The van der Waals surface area contributed by atoms with Gasteiger partial charge in [0, 0.05) is 31.9 Å². The van der Waals surface area contributed by atoms with E-state index < -0.39 is 17.1 Å². The standard InChI is InChI=1S/C24H26N4O4/c1-32-20-9-5-8-19(14-20)28-23(30)21(22(29)26-24(28)31)15-25-18-10-12-27(13-11-18)16-17-6-3-2-4-7-17/h2-9,14-15,18,30H,10-13,16H2,1H3,(H,26,29,31). The highest BCUT2D eigenvalue weighted by Gasteiger charge is 2.19. The molecule has 0 bridgehead atoms. The van der Waals surface area contributed by atoms with E-state index in [-0.39, 0.29) is 11.6 Å². The Bertz CT molecular complexity index is 1210. The van der Waals surface area contributed by atoms with Crippen LogP contribution >= 0.6 is 0 Å². The number of ether oxygens (including phenoxy) is 1. The Morgan fingerprint density at radius 3 is 2.59 bits per heavy atom. The average molecular weight is 434 g/mol. The van der Waals surface area contributed by atoms with Gasteiger partial charge in [0.1, 0.15) is 11.3 Å². The van der Waals surface area contributed by atoms with Crippen LogP contribution in [0, 0.1) is 0 Å². The van der Waals surface area contributed by atoms with Crippen molar-refractivity contribution in [3.8, 4) is 17.3 Å². The lowest BCUT2D eigenvalue weighted by atomic mass is 10.0. The molecule has 2 aromatic carbocycles. The Morgan fingerprint density at radius 1 is 1.12 bits per heavy atom. The number of hydrogen-bond acceptors (Lipinski definition) is 6. The SMILES string of the molecule is COc1cccc(-n2c(O)c(C=NC3CCN(Cc4ccccc4)CC3)c(=O)[nH]c2=O)c1. The van der Waals surface area contributed by atoms with Gasteiger partial charge in [-0.15, -0.1) is 0 Å². The third-order valence-electron chi connectivity index (χ3n) is 5.65. The van der Waals surface area contributed by atoms with Gasteiger partial charge in [-0.25, -0.2) is 9.36 Å². The van der Waals surface area contributed by atoms with E-state index >= 15 is 0 Å². The van der Waals surface area contributed by atoms with Crippen LogP contribution in [0.2, 0.25) is 0 Å². The summed E-state index contributed by atoms with van der Waals surface area (Å²) < 4.78 is 6.22. The Morgan fingerprint density at radius 2 is 1.88 bits per heavy atom. The number of likely N-dealkylation sites (tertiary alicyclic amines) is 1. The average Bonchev–Trinajstić information content (AvgIpc) is 2.80. The van der Waals surface area contributed by atoms with Crippen LogP contribution in [0.1, 0.15) is 24.0 Å². The molecule has 1 aliphatic heterocycles. The third kappa shape index (κ3) is 4.81. The molecule has 0 radical (unpaired) electrons. The number of aromatic nitrogens is 2. The molecule has 32 heavy (non-hydrogen) atoms. The van der Waals surface area contributed by atoms with Crippen molar-refractivity contribution in [3.63, 3.8) is 0 Å². The van der Waals surface area contributed by atoms with Gasteiger partial charge in [-0.3, -0.25) is 19.7 Å². The highest BCUT2D eigenvalue weighted by molar-refractivity contribution is 5.82. The lowest BCUT2D eigenvalue weighted by Crippen LogP contribution is -2.35. The van der Waals surface area contributed by atoms with E-state index in [1.807, 2.05) is 18.2 Å². The molecule has 0 atom stereocenters. The summed E-state index contributed by atoms with van der Waals surface area (Å²) in [6, 6.07) is 17.1. The normalized spacial score (nSPS) is 15.3. The molecular formula is C24H26N4O4. The van der Waals surface area contributed by atoms with Crippen molar-refractivity contribution in [3.05, 3.63) is 86.6 Å². The number of aromatic amines is 1. The molecule has 3 aromatic rings. The Kier molecular flexibility index (Phi) is 6.51. The quantitative estimate of drug-likeness (QED) is 0.580. The van der Waals surface area contributed by atoms with E-state index in [0.717, 1.165) is 37.0 Å². The van der Waals surface area contributed by atoms with Crippen LogP contribution in [0.4, 0.5) is 0 Å². The fraction of sp³-hybridized carbons (Fsp3) is 0.292. The second-order valence-corrected chi connectivity index (χ2v) is 7.80. The number of piperidine rings is 1. The molecule has 0 spiro atoms.